The van der Waals surface area contributed by atoms with Gasteiger partial charge < -0.3 is 29.6 Å². The summed E-state index contributed by atoms with van der Waals surface area (Å²) in [5, 5.41) is 7.25. The van der Waals surface area contributed by atoms with E-state index >= 15 is 0 Å². The average molecular weight is 515 g/mol. The number of rotatable bonds is 7. The van der Waals surface area contributed by atoms with Crippen LogP contribution in [0.4, 0.5) is 11.4 Å². The summed E-state index contributed by atoms with van der Waals surface area (Å²) in [7, 11) is 4.79. The fraction of sp³-hybridized carbons (Fsp3) is 0.323. The molecule has 7 nitrogen and oxygen atoms in total. The number of nitrogens with one attached hydrogen (secondary N) is 2. The van der Waals surface area contributed by atoms with Crippen LogP contribution in [0.5, 0.6) is 23.0 Å². The van der Waals surface area contributed by atoms with E-state index in [0.717, 1.165) is 39.5 Å². The summed E-state index contributed by atoms with van der Waals surface area (Å²) in [4.78, 5) is 14.0. The van der Waals surface area contributed by atoms with Gasteiger partial charge in [0.2, 0.25) is 5.75 Å². The molecule has 2 unspecified atom stereocenters. The number of methoxy groups -OCH3 is 3. The summed E-state index contributed by atoms with van der Waals surface area (Å²) < 4.78 is 22.9. The van der Waals surface area contributed by atoms with Gasteiger partial charge in [0, 0.05) is 23.3 Å². The largest absolute Gasteiger partial charge is 0.493 e. The summed E-state index contributed by atoms with van der Waals surface area (Å²) in [6, 6.07) is 19.5. The van der Waals surface area contributed by atoms with Gasteiger partial charge in [-0.3, -0.25) is 4.79 Å². The number of para-hydroxylation sites is 3. The number of ether oxygens (including phenoxy) is 4. The van der Waals surface area contributed by atoms with E-state index in [1.54, 1.807) is 21.3 Å². The Bertz CT molecular complexity index is 1360. The molecule has 38 heavy (non-hydrogen) atoms. The van der Waals surface area contributed by atoms with E-state index < -0.39 is 0 Å². The molecular formula is C31H34N2O5. The summed E-state index contributed by atoms with van der Waals surface area (Å²) >= 11 is 0. The fourth-order valence-electron chi connectivity index (χ4n) is 5.38. The van der Waals surface area contributed by atoms with Crippen LogP contribution >= 0.6 is 0 Å². The van der Waals surface area contributed by atoms with Gasteiger partial charge in [-0.05, 0) is 62.1 Å². The van der Waals surface area contributed by atoms with Crippen LogP contribution in [0.2, 0.25) is 0 Å². The molecule has 1 aliphatic heterocycles. The third-order valence-electron chi connectivity index (χ3n) is 7.06. The Hall–Kier alpha value is -4.13. The predicted octanol–water partition coefficient (Wildman–Crippen LogP) is 6.48. The molecule has 1 aliphatic carbocycles. The van der Waals surface area contributed by atoms with Crippen LogP contribution in [0, 0.1) is 0 Å². The standard InChI is InChI=1S/C31H34N2O5/c1-18(2)38-26-13-9-6-10-21(26)30-29-24(32-22-11-7-8-12-23(22)33-30)14-19(15-25(29)34)20-16-27(35-3)31(37-5)28(17-20)36-4/h6-13,16-19,30,32-33H,14-15H2,1-5H3. The van der Waals surface area contributed by atoms with E-state index in [9.17, 15) is 4.79 Å². The monoisotopic (exact) mass is 514 g/mol. The minimum Gasteiger partial charge on any atom is -0.493 e. The normalized spacial score (nSPS) is 18.5. The van der Waals surface area contributed by atoms with Gasteiger partial charge in [0.1, 0.15) is 5.75 Å². The van der Waals surface area contributed by atoms with Gasteiger partial charge in [0.25, 0.3) is 0 Å². The van der Waals surface area contributed by atoms with Crippen LogP contribution in [0.15, 0.2) is 71.9 Å². The molecular weight excluding hydrogens is 480 g/mol. The fourth-order valence-corrected chi connectivity index (χ4v) is 5.38. The smallest absolute Gasteiger partial charge is 0.203 e. The molecule has 0 bridgehead atoms. The molecule has 3 aromatic rings. The van der Waals surface area contributed by atoms with Gasteiger partial charge >= 0.3 is 0 Å². The van der Waals surface area contributed by atoms with E-state index in [1.165, 1.54) is 0 Å². The zero-order valence-corrected chi connectivity index (χ0v) is 22.5. The van der Waals surface area contributed by atoms with Gasteiger partial charge in [-0.25, -0.2) is 0 Å². The summed E-state index contributed by atoms with van der Waals surface area (Å²) in [6.07, 6.45) is 1.02. The second-order valence-electron chi connectivity index (χ2n) is 9.83. The molecule has 3 aromatic carbocycles. The molecule has 7 heteroatoms. The maximum absolute atomic E-state index is 14.0. The SMILES string of the molecule is COc1cc(C2CC(=O)C3=C(C2)Nc2ccccc2NC3c2ccccc2OC(C)C)cc(OC)c1OC. The second kappa shape index (κ2) is 10.7. The van der Waals surface area contributed by atoms with Crippen molar-refractivity contribution in [1.82, 2.24) is 0 Å². The number of carbonyl (C=O) groups excluding carboxylic acids is 1. The van der Waals surface area contributed by atoms with Gasteiger partial charge in [-0.15, -0.1) is 0 Å². The van der Waals surface area contributed by atoms with Gasteiger partial charge in [0.15, 0.2) is 17.3 Å². The minimum atomic E-state index is -0.357. The first-order valence-electron chi connectivity index (χ1n) is 12.9. The lowest BCUT2D eigenvalue weighted by atomic mass is 9.78. The van der Waals surface area contributed by atoms with Crippen LogP contribution in [-0.2, 0) is 4.79 Å². The van der Waals surface area contributed by atoms with E-state index in [0.29, 0.717) is 30.1 Å². The Morgan fingerprint density at radius 1 is 0.816 bits per heavy atom. The lowest BCUT2D eigenvalue weighted by molar-refractivity contribution is -0.116. The van der Waals surface area contributed by atoms with Crippen molar-refractivity contribution < 1.29 is 23.7 Å². The van der Waals surface area contributed by atoms with Crippen LogP contribution in [0.3, 0.4) is 0 Å². The first-order valence-corrected chi connectivity index (χ1v) is 12.9. The van der Waals surface area contributed by atoms with Crippen molar-refractivity contribution in [3.8, 4) is 23.0 Å². The van der Waals surface area contributed by atoms with E-state index in [1.807, 2.05) is 74.5 Å². The topological polar surface area (TPSA) is 78.1 Å². The lowest BCUT2D eigenvalue weighted by Gasteiger charge is -2.31. The molecule has 0 saturated carbocycles. The number of benzene rings is 3. The third kappa shape index (κ3) is 4.76. The zero-order valence-electron chi connectivity index (χ0n) is 22.5. The maximum atomic E-state index is 14.0. The van der Waals surface area contributed by atoms with Gasteiger partial charge in [-0.2, -0.15) is 0 Å². The van der Waals surface area contributed by atoms with Crippen LogP contribution in [-0.4, -0.2) is 33.2 Å². The predicted molar refractivity (Wildman–Crippen MR) is 149 cm³/mol. The molecule has 2 N–H and O–H groups in total. The second-order valence-corrected chi connectivity index (χ2v) is 9.83. The Balaban J connectivity index is 1.61. The maximum Gasteiger partial charge on any atom is 0.203 e. The van der Waals surface area contributed by atoms with Crippen molar-refractivity contribution >= 4 is 17.2 Å². The Labute approximate surface area is 223 Å². The number of fused-ring (bicyclic) bond motifs is 1. The molecule has 2 atom stereocenters. The summed E-state index contributed by atoms with van der Waals surface area (Å²) in [5.74, 6) is 2.48. The first-order chi connectivity index (χ1) is 18.4. The number of hydrogen-bond acceptors (Lipinski definition) is 7. The molecule has 0 radical (unpaired) electrons. The quantitative estimate of drug-likeness (QED) is 0.374. The van der Waals surface area contributed by atoms with Crippen molar-refractivity contribution in [3.63, 3.8) is 0 Å². The number of anilines is 2. The zero-order chi connectivity index (χ0) is 26.8. The number of carbonyl (C=O) groups is 1. The van der Waals surface area contributed by atoms with Crippen LogP contribution in [0.25, 0.3) is 0 Å². The molecule has 0 amide bonds. The van der Waals surface area contributed by atoms with E-state index in [4.69, 9.17) is 18.9 Å². The van der Waals surface area contributed by atoms with Crippen LogP contribution in [0.1, 0.15) is 49.8 Å². The molecule has 0 spiro atoms. The van der Waals surface area contributed by atoms with Crippen molar-refractivity contribution in [2.24, 2.45) is 0 Å². The highest BCUT2D eigenvalue weighted by Crippen LogP contribution is 2.48. The molecule has 198 valence electrons. The number of ketones is 1. The molecule has 2 aliphatic rings. The number of hydrogen-bond donors (Lipinski definition) is 2. The third-order valence-corrected chi connectivity index (χ3v) is 7.06. The average Bonchev–Trinajstić information content (AvgIpc) is 3.09. The van der Waals surface area contributed by atoms with Crippen molar-refractivity contribution in [2.75, 3.05) is 32.0 Å². The molecule has 1 heterocycles. The van der Waals surface area contributed by atoms with Crippen LogP contribution < -0.4 is 29.6 Å². The number of Topliss-reactive ketones (excluding diaryl/α,β-unsaturated/α-hetero) is 1. The van der Waals surface area contributed by atoms with Gasteiger partial charge in [0.05, 0.1) is 44.8 Å². The molecule has 5 rings (SSSR count). The van der Waals surface area contributed by atoms with E-state index in [2.05, 4.69) is 10.6 Å². The Morgan fingerprint density at radius 2 is 1.47 bits per heavy atom. The van der Waals surface area contributed by atoms with Crippen molar-refractivity contribution in [1.29, 1.82) is 0 Å². The molecule has 0 saturated heterocycles. The number of allylic oxidation sites excluding steroid dienone is 1. The minimum absolute atomic E-state index is 0.00672. The summed E-state index contributed by atoms with van der Waals surface area (Å²) in [6.45, 7) is 4.01. The first kappa shape index (κ1) is 25.5. The van der Waals surface area contributed by atoms with E-state index in [-0.39, 0.29) is 23.8 Å². The highest BCUT2D eigenvalue weighted by atomic mass is 16.5. The lowest BCUT2D eigenvalue weighted by Crippen LogP contribution is -2.27. The Morgan fingerprint density at radius 3 is 2.13 bits per heavy atom. The van der Waals surface area contributed by atoms with Gasteiger partial charge in [-0.1, -0.05) is 30.3 Å². The van der Waals surface area contributed by atoms with Crippen molar-refractivity contribution in [3.05, 3.63) is 83.1 Å². The highest BCUT2D eigenvalue weighted by molar-refractivity contribution is 6.01. The molecule has 0 aromatic heterocycles. The molecule has 0 fully saturated rings. The Kier molecular flexibility index (Phi) is 7.18. The highest BCUT2D eigenvalue weighted by Gasteiger charge is 2.37. The van der Waals surface area contributed by atoms with Crippen molar-refractivity contribution in [2.45, 2.75) is 44.8 Å². The summed E-state index contributed by atoms with van der Waals surface area (Å²) in [5.41, 5.74) is 5.41.